The molecule has 0 aliphatic carbocycles. The fourth-order valence-electron chi connectivity index (χ4n) is 1.21. The third kappa shape index (κ3) is 2.59. The molecule has 4 nitrogen and oxygen atoms in total. The van der Waals surface area contributed by atoms with Crippen LogP contribution in [0.25, 0.3) is 0 Å². The van der Waals surface area contributed by atoms with Gasteiger partial charge in [-0.25, -0.2) is 0 Å². The van der Waals surface area contributed by atoms with Gasteiger partial charge in [0, 0.05) is 19.3 Å². The van der Waals surface area contributed by atoms with Crippen molar-refractivity contribution in [2.75, 3.05) is 30.3 Å². The lowest BCUT2D eigenvalue weighted by Crippen LogP contribution is -2.26. The van der Waals surface area contributed by atoms with Crippen molar-refractivity contribution in [2.24, 2.45) is 0 Å². The summed E-state index contributed by atoms with van der Waals surface area (Å²) in [5.41, 5.74) is 7.20. The predicted octanol–water partition coefficient (Wildman–Crippen LogP) is 0.482. The lowest BCUT2D eigenvalue weighted by molar-refractivity contribution is 0.302. The van der Waals surface area contributed by atoms with Gasteiger partial charge < -0.3 is 15.7 Å². The summed E-state index contributed by atoms with van der Waals surface area (Å²) in [6, 6.07) is 1.85. The number of hydrogen-bond acceptors (Lipinski definition) is 4. The van der Waals surface area contributed by atoms with Crippen LogP contribution < -0.4 is 10.6 Å². The van der Waals surface area contributed by atoms with Gasteiger partial charge >= 0.3 is 0 Å². The third-order valence-electron chi connectivity index (χ3n) is 1.86. The molecular formula is C9H15N3O. The van der Waals surface area contributed by atoms with E-state index in [0.29, 0.717) is 12.2 Å². The Bertz CT molecular complexity index is 265. The van der Waals surface area contributed by atoms with E-state index in [1.807, 2.05) is 17.9 Å². The molecule has 0 aliphatic rings. The van der Waals surface area contributed by atoms with Crippen LogP contribution in [-0.4, -0.2) is 29.8 Å². The van der Waals surface area contributed by atoms with Crippen molar-refractivity contribution in [1.82, 2.24) is 4.98 Å². The van der Waals surface area contributed by atoms with Crippen LogP contribution in [0.5, 0.6) is 0 Å². The molecule has 0 fully saturated rings. The molecule has 3 N–H and O–H groups in total. The molecule has 1 rings (SSSR count). The van der Waals surface area contributed by atoms with Gasteiger partial charge in [0.1, 0.15) is 0 Å². The van der Waals surface area contributed by atoms with Crippen molar-refractivity contribution in [3.05, 3.63) is 18.5 Å². The number of nitrogen functional groups attached to an aromatic ring is 1. The zero-order valence-corrected chi connectivity index (χ0v) is 7.77. The summed E-state index contributed by atoms with van der Waals surface area (Å²) in [6.45, 7) is 3.62. The summed E-state index contributed by atoms with van der Waals surface area (Å²) in [6.07, 6.45) is 3.35. The second kappa shape index (κ2) is 4.67. The van der Waals surface area contributed by atoms with Crippen LogP contribution in [0.2, 0.25) is 0 Å². The molecule has 1 aromatic heterocycles. The van der Waals surface area contributed by atoms with E-state index >= 15 is 0 Å². The molecule has 0 atom stereocenters. The predicted molar refractivity (Wildman–Crippen MR) is 53.6 cm³/mol. The zero-order chi connectivity index (χ0) is 9.68. The molecule has 1 aromatic rings. The van der Waals surface area contributed by atoms with Gasteiger partial charge in [-0.15, -0.1) is 0 Å². The van der Waals surface area contributed by atoms with Crippen LogP contribution in [0.1, 0.15) is 6.92 Å². The molecule has 0 amide bonds. The Balaban J connectivity index is 2.78. The number of rotatable bonds is 4. The fraction of sp³-hybridized carbons (Fsp3) is 0.444. The van der Waals surface area contributed by atoms with Crippen molar-refractivity contribution < 1.29 is 5.11 Å². The average molecular weight is 181 g/mol. The van der Waals surface area contributed by atoms with Crippen molar-refractivity contribution >= 4 is 11.4 Å². The van der Waals surface area contributed by atoms with E-state index in [1.54, 1.807) is 12.4 Å². The molecule has 0 saturated carbocycles. The van der Waals surface area contributed by atoms with Gasteiger partial charge in [0.2, 0.25) is 0 Å². The summed E-state index contributed by atoms with van der Waals surface area (Å²) < 4.78 is 0. The fourth-order valence-corrected chi connectivity index (χ4v) is 1.21. The number of aromatic nitrogens is 1. The number of pyridine rings is 1. The minimum atomic E-state index is 0.142. The van der Waals surface area contributed by atoms with E-state index in [-0.39, 0.29) is 6.61 Å². The molecule has 0 aliphatic heterocycles. The van der Waals surface area contributed by atoms with Gasteiger partial charge in [0.05, 0.1) is 24.2 Å². The van der Waals surface area contributed by atoms with Crippen LogP contribution in [-0.2, 0) is 0 Å². The molecular weight excluding hydrogens is 166 g/mol. The van der Waals surface area contributed by atoms with E-state index in [1.165, 1.54) is 0 Å². The Morgan fingerprint density at radius 2 is 2.31 bits per heavy atom. The van der Waals surface area contributed by atoms with Gasteiger partial charge in [0.25, 0.3) is 0 Å². The van der Waals surface area contributed by atoms with Crippen LogP contribution >= 0.6 is 0 Å². The molecule has 0 unspecified atom stereocenters. The average Bonchev–Trinajstić information content (AvgIpc) is 2.14. The zero-order valence-electron chi connectivity index (χ0n) is 7.77. The molecule has 1 heterocycles. The Kier molecular flexibility index (Phi) is 3.52. The van der Waals surface area contributed by atoms with Crippen molar-refractivity contribution in [1.29, 1.82) is 0 Å². The Hall–Kier alpha value is -1.29. The Morgan fingerprint density at radius 3 is 2.85 bits per heavy atom. The highest BCUT2D eigenvalue weighted by molar-refractivity contribution is 5.53. The molecule has 0 aromatic carbocycles. The topological polar surface area (TPSA) is 62.4 Å². The van der Waals surface area contributed by atoms with E-state index in [0.717, 1.165) is 12.2 Å². The molecule has 72 valence electrons. The molecule has 0 spiro atoms. The van der Waals surface area contributed by atoms with E-state index in [4.69, 9.17) is 10.8 Å². The molecule has 0 saturated heterocycles. The van der Waals surface area contributed by atoms with Gasteiger partial charge in [0.15, 0.2) is 0 Å². The minimum Gasteiger partial charge on any atom is -0.397 e. The molecule has 4 heteroatoms. The highest BCUT2D eigenvalue weighted by Gasteiger charge is 2.03. The number of aliphatic hydroxyl groups is 1. The van der Waals surface area contributed by atoms with Crippen LogP contribution in [0.15, 0.2) is 18.5 Å². The van der Waals surface area contributed by atoms with Crippen molar-refractivity contribution in [3.63, 3.8) is 0 Å². The largest absolute Gasteiger partial charge is 0.397 e. The first kappa shape index (κ1) is 9.80. The first-order valence-electron chi connectivity index (χ1n) is 4.34. The smallest absolute Gasteiger partial charge is 0.0606 e. The summed E-state index contributed by atoms with van der Waals surface area (Å²) in [4.78, 5) is 6.00. The SMILES string of the molecule is CCN(CCO)c1cncc(N)c1. The lowest BCUT2D eigenvalue weighted by atomic mass is 10.3. The monoisotopic (exact) mass is 181 g/mol. The maximum Gasteiger partial charge on any atom is 0.0606 e. The normalized spacial score (nSPS) is 10.0. The Labute approximate surface area is 78.0 Å². The maximum atomic E-state index is 8.81. The van der Waals surface area contributed by atoms with Gasteiger partial charge in [-0.1, -0.05) is 0 Å². The maximum absolute atomic E-state index is 8.81. The number of aliphatic hydroxyl groups excluding tert-OH is 1. The molecule has 0 radical (unpaired) electrons. The van der Waals surface area contributed by atoms with Gasteiger partial charge in [-0.3, -0.25) is 4.98 Å². The summed E-state index contributed by atoms with van der Waals surface area (Å²) in [7, 11) is 0. The van der Waals surface area contributed by atoms with Crippen LogP contribution in [0.3, 0.4) is 0 Å². The molecule has 13 heavy (non-hydrogen) atoms. The second-order valence-electron chi connectivity index (χ2n) is 2.78. The number of anilines is 2. The molecule has 0 bridgehead atoms. The summed E-state index contributed by atoms with van der Waals surface area (Å²) in [5, 5.41) is 8.81. The van der Waals surface area contributed by atoms with Crippen LogP contribution in [0, 0.1) is 0 Å². The first-order chi connectivity index (χ1) is 6.27. The standard InChI is InChI=1S/C9H15N3O/c1-2-12(3-4-13)9-5-8(10)6-11-7-9/h5-7,13H,2-4,10H2,1H3. The van der Waals surface area contributed by atoms with Gasteiger partial charge in [-0.05, 0) is 13.0 Å². The summed E-state index contributed by atoms with van der Waals surface area (Å²) >= 11 is 0. The van der Waals surface area contributed by atoms with Crippen molar-refractivity contribution in [3.8, 4) is 0 Å². The summed E-state index contributed by atoms with van der Waals surface area (Å²) in [5.74, 6) is 0. The van der Waals surface area contributed by atoms with Gasteiger partial charge in [-0.2, -0.15) is 0 Å². The first-order valence-corrected chi connectivity index (χ1v) is 4.34. The minimum absolute atomic E-state index is 0.142. The quantitative estimate of drug-likeness (QED) is 0.709. The van der Waals surface area contributed by atoms with E-state index < -0.39 is 0 Å². The van der Waals surface area contributed by atoms with Crippen LogP contribution in [0.4, 0.5) is 11.4 Å². The number of likely N-dealkylation sites (N-methyl/N-ethyl adjacent to an activating group) is 1. The number of hydrogen-bond donors (Lipinski definition) is 2. The lowest BCUT2D eigenvalue weighted by Gasteiger charge is -2.21. The number of nitrogens with two attached hydrogens (primary N) is 1. The Morgan fingerprint density at radius 1 is 1.54 bits per heavy atom. The van der Waals surface area contributed by atoms with E-state index in [2.05, 4.69) is 4.98 Å². The highest BCUT2D eigenvalue weighted by atomic mass is 16.3. The number of nitrogens with zero attached hydrogens (tertiary/aromatic N) is 2. The third-order valence-corrected chi connectivity index (χ3v) is 1.86. The van der Waals surface area contributed by atoms with E-state index in [9.17, 15) is 0 Å². The van der Waals surface area contributed by atoms with Crippen molar-refractivity contribution in [2.45, 2.75) is 6.92 Å². The highest BCUT2D eigenvalue weighted by Crippen LogP contribution is 2.14. The second-order valence-corrected chi connectivity index (χ2v) is 2.78.